The number of nitro groups is 1. The minimum Gasteiger partial charge on any atom is -0.341 e. The third kappa shape index (κ3) is 2.08. The number of likely N-dealkylation sites (N-methyl/N-ethyl adjacent to an activating group) is 1. The first-order valence-corrected chi connectivity index (χ1v) is 8.18. The Balaban J connectivity index is 2.31. The highest BCUT2D eigenvalue weighted by Crippen LogP contribution is 2.57. The van der Waals surface area contributed by atoms with Gasteiger partial charge in [-0.3, -0.25) is 14.9 Å². The standard InChI is InChI=1S/C16H17BrN2O3/c1-18-14(5-8-20)16(6-3-2-4-7-16)12-9-11(17)10-13(15(12)18)19(21)22/h5,8-10H,2-4,6-7H2,1H3. The van der Waals surface area contributed by atoms with Crippen LogP contribution in [0.5, 0.6) is 0 Å². The zero-order chi connectivity index (χ0) is 15.9. The number of benzene rings is 1. The van der Waals surface area contributed by atoms with E-state index in [1.165, 1.54) is 12.5 Å². The van der Waals surface area contributed by atoms with Gasteiger partial charge in [-0.1, -0.05) is 35.2 Å². The molecule has 1 aliphatic carbocycles. The van der Waals surface area contributed by atoms with Crippen molar-refractivity contribution in [1.29, 1.82) is 0 Å². The average Bonchev–Trinajstić information content (AvgIpc) is 2.71. The monoisotopic (exact) mass is 364 g/mol. The molecule has 0 N–H and O–H groups in total. The van der Waals surface area contributed by atoms with Crippen LogP contribution in [-0.2, 0) is 10.2 Å². The van der Waals surface area contributed by atoms with Crippen LogP contribution < -0.4 is 4.90 Å². The Kier molecular flexibility index (Phi) is 3.80. The summed E-state index contributed by atoms with van der Waals surface area (Å²) in [6.07, 6.45) is 7.53. The van der Waals surface area contributed by atoms with Crippen molar-refractivity contribution in [2.45, 2.75) is 37.5 Å². The van der Waals surface area contributed by atoms with Crippen LogP contribution in [0.1, 0.15) is 37.7 Å². The largest absolute Gasteiger partial charge is 0.341 e. The summed E-state index contributed by atoms with van der Waals surface area (Å²) in [5.41, 5.74) is 2.31. The number of hydrogen-bond acceptors (Lipinski definition) is 4. The molecule has 0 bridgehead atoms. The Hall–Kier alpha value is -1.69. The molecule has 0 aromatic heterocycles. The smallest absolute Gasteiger partial charge is 0.294 e. The molecule has 0 unspecified atom stereocenters. The van der Waals surface area contributed by atoms with Gasteiger partial charge in [-0.25, -0.2) is 0 Å². The number of carbonyl (C=O) groups excluding carboxylic acids is 1. The van der Waals surface area contributed by atoms with Crippen LogP contribution in [0.2, 0.25) is 0 Å². The lowest BCUT2D eigenvalue weighted by atomic mass is 9.68. The molecule has 1 aromatic rings. The zero-order valence-electron chi connectivity index (χ0n) is 12.3. The van der Waals surface area contributed by atoms with Gasteiger partial charge in [0.15, 0.2) is 0 Å². The number of halogens is 1. The molecule has 5 nitrogen and oxygen atoms in total. The topological polar surface area (TPSA) is 63.5 Å². The molecule has 0 saturated heterocycles. The van der Waals surface area contributed by atoms with E-state index >= 15 is 0 Å². The van der Waals surface area contributed by atoms with E-state index in [2.05, 4.69) is 15.9 Å². The highest BCUT2D eigenvalue weighted by molar-refractivity contribution is 9.10. The second kappa shape index (κ2) is 5.50. The predicted octanol–water partition coefficient (Wildman–Crippen LogP) is 4.09. The van der Waals surface area contributed by atoms with Crippen LogP contribution in [0.25, 0.3) is 0 Å². The van der Waals surface area contributed by atoms with Gasteiger partial charge in [0, 0.05) is 28.7 Å². The Bertz CT molecular complexity index is 678. The van der Waals surface area contributed by atoms with Gasteiger partial charge in [0.2, 0.25) is 0 Å². The van der Waals surface area contributed by atoms with E-state index in [1.54, 1.807) is 6.08 Å². The Labute approximate surface area is 137 Å². The van der Waals surface area contributed by atoms with Crippen molar-refractivity contribution in [3.8, 4) is 0 Å². The third-order valence-corrected chi connectivity index (χ3v) is 5.34. The van der Waals surface area contributed by atoms with E-state index in [4.69, 9.17) is 0 Å². The summed E-state index contributed by atoms with van der Waals surface area (Å²) in [7, 11) is 1.82. The molecule has 6 heteroatoms. The van der Waals surface area contributed by atoms with Crippen LogP contribution >= 0.6 is 15.9 Å². The van der Waals surface area contributed by atoms with Crippen LogP contribution in [0.15, 0.2) is 28.4 Å². The molecule has 1 spiro atoms. The number of fused-ring (bicyclic) bond motifs is 2. The first-order valence-electron chi connectivity index (χ1n) is 7.39. The van der Waals surface area contributed by atoms with Crippen molar-refractivity contribution >= 4 is 33.6 Å². The first kappa shape index (κ1) is 15.2. The van der Waals surface area contributed by atoms with E-state index in [1.807, 2.05) is 18.0 Å². The van der Waals surface area contributed by atoms with Gasteiger partial charge < -0.3 is 4.90 Å². The first-order chi connectivity index (χ1) is 10.5. The maximum atomic E-state index is 11.5. The van der Waals surface area contributed by atoms with Crippen molar-refractivity contribution in [1.82, 2.24) is 0 Å². The zero-order valence-corrected chi connectivity index (χ0v) is 13.9. The van der Waals surface area contributed by atoms with Crippen LogP contribution in [0.3, 0.4) is 0 Å². The summed E-state index contributed by atoms with van der Waals surface area (Å²) in [6.45, 7) is 0. The van der Waals surface area contributed by atoms with E-state index in [0.717, 1.165) is 43.2 Å². The van der Waals surface area contributed by atoms with Gasteiger partial charge in [0.25, 0.3) is 5.69 Å². The molecular formula is C16H17BrN2O3. The molecule has 2 aliphatic rings. The van der Waals surface area contributed by atoms with Crippen molar-refractivity contribution in [2.24, 2.45) is 0 Å². The second-order valence-electron chi connectivity index (χ2n) is 5.97. The average molecular weight is 365 g/mol. The van der Waals surface area contributed by atoms with E-state index < -0.39 is 0 Å². The number of aldehydes is 1. The summed E-state index contributed by atoms with van der Waals surface area (Å²) < 4.78 is 0.712. The third-order valence-electron chi connectivity index (χ3n) is 4.89. The molecule has 116 valence electrons. The Morgan fingerprint density at radius 3 is 2.59 bits per heavy atom. The van der Waals surface area contributed by atoms with Gasteiger partial charge in [0.1, 0.15) is 12.0 Å². The quantitative estimate of drug-likeness (QED) is 0.343. The number of anilines is 1. The fraction of sp³-hybridized carbons (Fsp3) is 0.438. The maximum absolute atomic E-state index is 11.5. The normalized spacial score (nSPS) is 21.2. The molecule has 1 heterocycles. The number of rotatable bonds is 2. The van der Waals surface area contributed by atoms with Crippen LogP contribution in [0, 0.1) is 10.1 Å². The molecule has 1 aromatic carbocycles. The van der Waals surface area contributed by atoms with Gasteiger partial charge in [0.05, 0.1) is 4.92 Å². The van der Waals surface area contributed by atoms with E-state index in [0.29, 0.717) is 10.2 Å². The van der Waals surface area contributed by atoms with Crippen molar-refractivity contribution in [3.05, 3.63) is 44.1 Å². The van der Waals surface area contributed by atoms with Crippen molar-refractivity contribution in [2.75, 3.05) is 11.9 Å². The number of hydrogen-bond donors (Lipinski definition) is 0. The minimum absolute atomic E-state index is 0.0890. The lowest BCUT2D eigenvalue weighted by Gasteiger charge is -2.36. The molecule has 1 aliphatic heterocycles. The number of nitro benzene ring substituents is 1. The van der Waals surface area contributed by atoms with Gasteiger partial charge >= 0.3 is 0 Å². The molecule has 3 rings (SSSR count). The lowest BCUT2D eigenvalue weighted by Crippen LogP contribution is -2.32. The summed E-state index contributed by atoms with van der Waals surface area (Å²) >= 11 is 3.40. The fourth-order valence-corrected chi connectivity index (χ4v) is 4.48. The molecule has 1 fully saturated rings. The van der Waals surface area contributed by atoms with Gasteiger partial charge in [-0.2, -0.15) is 0 Å². The molecular weight excluding hydrogens is 348 g/mol. The van der Waals surface area contributed by atoms with E-state index in [-0.39, 0.29) is 16.0 Å². The molecule has 0 amide bonds. The Morgan fingerprint density at radius 1 is 1.32 bits per heavy atom. The Morgan fingerprint density at radius 2 is 2.00 bits per heavy atom. The predicted molar refractivity (Wildman–Crippen MR) is 88.1 cm³/mol. The highest BCUT2D eigenvalue weighted by Gasteiger charge is 2.49. The SMILES string of the molecule is CN1C(=CC=O)C2(CCCCC2)c2cc(Br)cc([N+](=O)[O-])c21. The molecule has 22 heavy (non-hydrogen) atoms. The number of allylic oxidation sites excluding steroid dienone is 2. The maximum Gasteiger partial charge on any atom is 0.294 e. The van der Waals surface area contributed by atoms with Gasteiger partial charge in [-0.05, 0) is 30.5 Å². The van der Waals surface area contributed by atoms with E-state index in [9.17, 15) is 14.9 Å². The minimum atomic E-state index is -0.347. The highest BCUT2D eigenvalue weighted by atomic mass is 79.9. The van der Waals surface area contributed by atoms with Crippen molar-refractivity contribution < 1.29 is 9.72 Å². The molecule has 0 radical (unpaired) electrons. The lowest BCUT2D eigenvalue weighted by molar-refractivity contribution is -0.384. The summed E-state index contributed by atoms with van der Waals surface area (Å²) in [5.74, 6) is 0. The second-order valence-corrected chi connectivity index (χ2v) is 6.88. The van der Waals surface area contributed by atoms with Gasteiger partial charge in [-0.15, -0.1) is 0 Å². The summed E-state index contributed by atoms with van der Waals surface area (Å²) in [5, 5.41) is 11.5. The van der Waals surface area contributed by atoms with Crippen LogP contribution in [0.4, 0.5) is 11.4 Å². The van der Waals surface area contributed by atoms with Crippen LogP contribution in [-0.4, -0.2) is 18.3 Å². The summed E-state index contributed by atoms with van der Waals surface area (Å²) in [4.78, 5) is 24.1. The molecule has 1 saturated carbocycles. The van der Waals surface area contributed by atoms with Crippen molar-refractivity contribution in [3.63, 3.8) is 0 Å². The summed E-state index contributed by atoms with van der Waals surface area (Å²) in [6, 6.07) is 3.52. The number of nitrogens with zero attached hydrogens (tertiary/aromatic N) is 2. The fourth-order valence-electron chi connectivity index (χ4n) is 4.04. The number of carbonyl (C=O) groups is 1. The molecule has 0 atom stereocenters.